The first-order chi connectivity index (χ1) is 5.74. The Morgan fingerprint density at radius 1 is 0.643 bits per heavy atom. The maximum absolute atomic E-state index is 3.60. The molecule has 2 heteroatoms. The second-order valence-electron chi connectivity index (χ2n) is 2.56. The van der Waals surface area contributed by atoms with E-state index in [1.807, 2.05) is 0 Å². The van der Waals surface area contributed by atoms with Crippen LogP contribution in [-0.2, 0) is 19.5 Å². The third-order valence-corrected chi connectivity index (χ3v) is 1.06. The van der Waals surface area contributed by atoms with Gasteiger partial charge in [0.1, 0.15) is 0 Å². The van der Waals surface area contributed by atoms with Crippen LogP contribution < -0.4 is 0 Å². The van der Waals surface area contributed by atoms with Gasteiger partial charge in [-0.3, -0.25) is 0 Å². The molecule has 1 radical (unpaired) electrons. The second-order valence-corrected chi connectivity index (χ2v) is 2.56. The molecule has 0 spiro atoms. The largest absolute Gasteiger partial charge is 3.00 e. The number of hydrogen-bond acceptors (Lipinski definition) is 0. The van der Waals surface area contributed by atoms with Gasteiger partial charge >= 0.3 is 19.5 Å². The number of rotatable bonds is 3. The van der Waals surface area contributed by atoms with Gasteiger partial charge in [-0.05, 0) is 0 Å². The maximum atomic E-state index is 3.60. The molecule has 0 N–H and O–H groups in total. The van der Waals surface area contributed by atoms with Crippen LogP contribution in [-0.4, -0.2) is 0 Å². The van der Waals surface area contributed by atoms with Gasteiger partial charge in [0.2, 0.25) is 0 Å². The Labute approximate surface area is 112 Å². The van der Waals surface area contributed by atoms with Crippen LogP contribution in [0.25, 0.3) is 0 Å². The van der Waals surface area contributed by atoms with E-state index < -0.39 is 0 Å². The first-order valence-corrected chi connectivity index (χ1v) is 5.12. The molecule has 0 aromatic heterocycles. The SMILES string of the molecule is Cl.[CH2-]CCC.[CH2-]CCC.[CH2-]CCC.[Ru+3]. The van der Waals surface area contributed by atoms with Crippen molar-refractivity contribution in [2.45, 2.75) is 59.3 Å². The predicted octanol–water partition coefficient (Wildman–Crippen LogP) is 5.28. The average Bonchev–Trinajstić information content (AvgIpc) is 2.18. The van der Waals surface area contributed by atoms with Crippen LogP contribution in [0.4, 0.5) is 0 Å². The first-order valence-electron chi connectivity index (χ1n) is 5.12. The molecule has 0 bridgehead atoms. The maximum Gasteiger partial charge on any atom is 3.00 e. The topological polar surface area (TPSA) is 0 Å². The standard InChI is InChI=1S/3C4H9.ClH.Ru/c3*1-3-4-2;;/h3*1,3-4H2,2H3;1H;/q3*-1;;+3. The Kier molecular flexibility index (Phi) is 102. The van der Waals surface area contributed by atoms with Gasteiger partial charge in [0.05, 0.1) is 0 Å². The monoisotopic (exact) mass is 309 g/mol. The smallest absolute Gasteiger partial charge is 0.343 e. The van der Waals surface area contributed by atoms with E-state index in [0.717, 1.165) is 19.3 Å². The summed E-state index contributed by atoms with van der Waals surface area (Å²) in [6, 6.07) is 0. The van der Waals surface area contributed by atoms with Gasteiger partial charge < -0.3 is 20.8 Å². The van der Waals surface area contributed by atoms with E-state index in [2.05, 4.69) is 41.5 Å². The molecule has 0 aromatic carbocycles. The predicted molar refractivity (Wildman–Crippen MR) is 68.0 cm³/mol. The minimum Gasteiger partial charge on any atom is -0.343 e. The Balaban J connectivity index is -0.0000000270. The Morgan fingerprint density at radius 3 is 0.714 bits per heavy atom. The van der Waals surface area contributed by atoms with Crippen LogP contribution in [0.2, 0.25) is 0 Å². The molecule has 0 heterocycles. The van der Waals surface area contributed by atoms with Gasteiger partial charge in [0.15, 0.2) is 0 Å². The fourth-order valence-electron chi connectivity index (χ4n) is 0. The molecule has 0 rings (SSSR count). The van der Waals surface area contributed by atoms with Gasteiger partial charge in [0, 0.05) is 0 Å². The number of halogens is 1. The molecule has 0 fully saturated rings. The molecule has 0 atom stereocenters. The van der Waals surface area contributed by atoms with E-state index in [4.69, 9.17) is 0 Å². The first kappa shape index (κ1) is 29.4. The van der Waals surface area contributed by atoms with E-state index in [0.29, 0.717) is 0 Å². The molecule has 0 unspecified atom stereocenters. The van der Waals surface area contributed by atoms with Crippen molar-refractivity contribution in [2.24, 2.45) is 0 Å². The zero-order valence-electron chi connectivity index (χ0n) is 10.1. The zero-order chi connectivity index (χ0) is 10.2. The summed E-state index contributed by atoms with van der Waals surface area (Å²) in [7, 11) is 0. The normalized spacial score (nSPS) is 6.43. The van der Waals surface area contributed by atoms with E-state index >= 15 is 0 Å². The molecule has 0 amide bonds. The van der Waals surface area contributed by atoms with Crippen molar-refractivity contribution in [3.63, 3.8) is 0 Å². The zero-order valence-corrected chi connectivity index (χ0v) is 12.7. The fourth-order valence-corrected chi connectivity index (χ4v) is 0. The van der Waals surface area contributed by atoms with Crippen LogP contribution in [0, 0.1) is 20.8 Å². The molecule has 0 aliphatic rings. The molecular formula is C12H28ClRu. The molecule has 0 aliphatic heterocycles. The number of hydrogen-bond donors (Lipinski definition) is 0. The molecule has 0 aromatic rings. The van der Waals surface area contributed by atoms with Crippen molar-refractivity contribution in [3.8, 4) is 0 Å². The molecule has 14 heavy (non-hydrogen) atoms. The van der Waals surface area contributed by atoms with E-state index in [-0.39, 0.29) is 31.9 Å². The summed E-state index contributed by atoms with van der Waals surface area (Å²) in [5, 5.41) is 0. The third-order valence-electron chi connectivity index (χ3n) is 1.06. The molecule has 0 aliphatic carbocycles. The van der Waals surface area contributed by atoms with Crippen molar-refractivity contribution < 1.29 is 19.5 Å². The summed E-state index contributed by atoms with van der Waals surface area (Å²) in [5.41, 5.74) is 0. The second kappa shape index (κ2) is 48.5. The fraction of sp³-hybridized carbons (Fsp3) is 0.750. The summed E-state index contributed by atoms with van der Waals surface area (Å²) in [6.45, 7) is 17.2. The van der Waals surface area contributed by atoms with Crippen LogP contribution >= 0.6 is 12.4 Å². The number of unbranched alkanes of at least 4 members (excludes halogenated alkanes) is 3. The van der Waals surface area contributed by atoms with Gasteiger partial charge in [-0.1, -0.05) is 40.0 Å². The molecule has 0 nitrogen and oxygen atoms in total. The summed E-state index contributed by atoms with van der Waals surface area (Å²) < 4.78 is 0. The summed E-state index contributed by atoms with van der Waals surface area (Å²) in [4.78, 5) is 0. The Morgan fingerprint density at radius 2 is 0.714 bits per heavy atom. The third kappa shape index (κ3) is 120. The summed E-state index contributed by atoms with van der Waals surface area (Å²) >= 11 is 0. The summed E-state index contributed by atoms with van der Waals surface area (Å²) in [5.74, 6) is 0. The van der Waals surface area contributed by atoms with Crippen LogP contribution in [0.1, 0.15) is 59.3 Å². The minimum atomic E-state index is 0. The van der Waals surface area contributed by atoms with Crippen molar-refractivity contribution in [1.29, 1.82) is 0 Å². The average molecular weight is 309 g/mol. The minimum absolute atomic E-state index is 0. The van der Waals surface area contributed by atoms with Gasteiger partial charge in [-0.15, -0.1) is 12.4 Å². The van der Waals surface area contributed by atoms with Crippen molar-refractivity contribution >= 4 is 12.4 Å². The van der Waals surface area contributed by atoms with E-state index in [1.54, 1.807) is 0 Å². The van der Waals surface area contributed by atoms with Gasteiger partial charge in [-0.2, -0.15) is 19.3 Å². The van der Waals surface area contributed by atoms with Gasteiger partial charge in [0.25, 0.3) is 0 Å². The quantitative estimate of drug-likeness (QED) is 0.491. The molecule has 0 saturated carbocycles. The van der Waals surface area contributed by atoms with Crippen molar-refractivity contribution in [1.82, 2.24) is 0 Å². The van der Waals surface area contributed by atoms with Crippen molar-refractivity contribution in [2.75, 3.05) is 0 Å². The Bertz CT molecular complexity index is 25.8. The summed E-state index contributed by atoms with van der Waals surface area (Å²) in [6.07, 6.45) is 6.83. The Hall–Kier alpha value is 0.913. The van der Waals surface area contributed by atoms with E-state index in [9.17, 15) is 0 Å². The van der Waals surface area contributed by atoms with Crippen LogP contribution in [0.5, 0.6) is 0 Å². The van der Waals surface area contributed by atoms with Crippen LogP contribution in [0.3, 0.4) is 0 Å². The van der Waals surface area contributed by atoms with Crippen molar-refractivity contribution in [3.05, 3.63) is 20.8 Å². The molecular weight excluding hydrogens is 281 g/mol. The molecule has 0 saturated heterocycles. The van der Waals surface area contributed by atoms with Crippen LogP contribution in [0.15, 0.2) is 0 Å². The molecule has 91 valence electrons. The van der Waals surface area contributed by atoms with E-state index in [1.165, 1.54) is 19.3 Å². The van der Waals surface area contributed by atoms with Gasteiger partial charge in [-0.25, -0.2) is 0 Å².